The van der Waals surface area contributed by atoms with Gasteiger partial charge in [-0.3, -0.25) is 0 Å². The Morgan fingerprint density at radius 2 is 1.65 bits per heavy atom. The van der Waals surface area contributed by atoms with Gasteiger partial charge in [0, 0.05) is 11.3 Å². The third-order valence-electron chi connectivity index (χ3n) is 3.34. The van der Waals surface area contributed by atoms with E-state index in [1.165, 1.54) is 0 Å². The minimum atomic E-state index is 0.240. The monoisotopic (exact) mass is 261 g/mol. The molecule has 0 fully saturated rings. The van der Waals surface area contributed by atoms with Crippen molar-refractivity contribution in [2.45, 2.75) is 6.92 Å². The van der Waals surface area contributed by atoms with Crippen LogP contribution in [0, 0.1) is 0 Å². The molecule has 0 radical (unpaired) electrons. The zero-order valence-corrected chi connectivity index (χ0v) is 11.2. The molecule has 0 amide bonds. The zero-order valence-electron chi connectivity index (χ0n) is 11.2. The summed E-state index contributed by atoms with van der Waals surface area (Å²) in [5.74, 6) is 0.240. The number of hydrogen-bond donors (Lipinski definition) is 2. The lowest BCUT2D eigenvalue weighted by atomic mass is 10.00. The quantitative estimate of drug-likeness (QED) is 0.619. The number of rotatable bonds is 2. The molecule has 1 aliphatic carbocycles. The third-order valence-corrected chi connectivity index (χ3v) is 3.34. The predicted octanol–water partition coefficient (Wildman–Crippen LogP) is 4.42. The van der Waals surface area contributed by atoms with Gasteiger partial charge in [-0.25, -0.2) is 0 Å². The van der Waals surface area contributed by atoms with Gasteiger partial charge in [-0.1, -0.05) is 36.4 Å². The number of allylic oxidation sites excluding steroid dienone is 2. The van der Waals surface area contributed by atoms with Crippen LogP contribution in [0.5, 0.6) is 5.75 Å². The fourth-order valence-corrected chi connectivity index (χ4v) is 2.30. The Balaban J connectivity index is 2.05. The fourth-order valence-electron chi connectivity index (χ4n) is 2.30. The highest BCUT2D eigenvalue weighted by molar-refractivity contribution is 5.87. The van der Waals surface area contributed by atoms with Crippen molar-refractivity contribution in [2.24, 2.45) is 0 Å². The van der Waals surface area contributed by atoms with Crippen LogP contribution in [0.15, 0.2) is 66.4 Å². The Morgan fingerprint density at radius 3 is 2.45 bits per heavy atom. The van der Waals surface area contributed by atoms with Gasteiger partial charge in [0.15, 0.2) is 0 Å². The van der Waals surface area contributed by atoms with E-state index >= 15 is 0 Å². The number of hydrogen-bond acceptors (Lipinski definition) is 2. The lowest BCUT2D eigenvalue weighted by Crippen LogP contribution is -2.01. The molecule has 0 aromatic heterocycles. The Bertz CT molecular complexity index is 750. The van der Waals surface area contributed by atoms with Crippen LogP contribution in [-0.2, 0) is 0 Å². The second-order valence-electron chi connectivity index (χ2n) is 4.70. The van der Waals surface area contributed by atoms with E-state index in [1.807, 2.05) is 49.4 Å². The second-order valence-corrected chi connectivity index (χ2v) is 4.70. The number of anilines is 1. The van der Waals surface area contributed by atoms with Crippen molar-refractivity contribution in [3.63, 3.8) is 0 Å². The predicted molar refractivity (Wildman–Crippen MR) is 83.3 cm³/mol. The van der Waals surface area contributed by atoms with Crippen molar-refractivity contribution >= 4 is 17.0 Å². The maximum absolute atomic E-state index is 9.89. The molecule has 0 bridgehead atoms. The molecule has 0 unspecified atom stereocenters. The van der Waals surface area contributed by atoms with Gasteiger partial charge in [0.1, 0.15) is 5.75 Å². The van der Waals surface area contributed by atoms with Crippen LogP contribution in [0.4, 0.5) is 5.69 Å². The van der Waals surface area contributed by atoms with Crippen LogP contribution in [0.25, 0.3) is 11.3 Å². The Hall–Kier alpha value is -2.70. The summed E-state index contributed by atoms with van der Waals surface area (Å²) in [6.45, 7) is 2.05. The summed E-state index contributed by atoms with van der Waals surface area (Å²) in [6.07, 6.45) is 3.87. The molecular formula is C18H15NO. The third kappa shape index (κ3) is 2.25. The highest BCUT2D eigenvalue weighted by atomic mass is 16.3. The molecule has 0 saturated carbocycles. The summed E-state index contributed by atoms with van der Waals surface area (Å²) in [4.78, 5) is 0. The second kappa shape index (κ2) is 5.12. The van der Waals surface area contributed by atoms with Crippen LogP contribution >= 0.6 is 0 Å². The molecular weight excluding hydrogens is 246 g/mol. The van der Waals surface area contributed by atoms with Gasteiger partial charge >= 0.3 is 0 Å². The van der Waals surface area contributed by atoms with Gasteiger partial charge in [-0.2, -0.15) is 0 Å². The van der Waals surface area contributed by atoms with Crippen LogP contribution in [0.3, 0.4) is 0 Å². The molecule has 20 heavy (non-hydrogen) atoms. The summed E-state index contributed by atoms with van der Waals surface area (Å²) in [5.41, 5.74) is 8.25. The number of benzene rings is 2. The summed E-state index contributed by atoms with van der Waals surface area (Å²) in [6, 6.07) is 15.4. The van der Waals surface area contributed by atoms with Crippen LogP contribution in [-0.4, -0.2) is 5.11 Å². The van der Waals surface area contributed by atoms with E-state index in [-0.39, 0.29) is 5.75 Å². The molecule has 2 heteroatoms. The van der Waals surface area contributed by atoms with E-state index in [2.05, 4.69) is 23.2 Å². The summed E-state index contributed by atoms with van der Waals surface area (Å²) in [5, 5.41) is 13.2. The van der Waals surface area contributed by atoms with Gasteiger partial charge in [0.2, 0.25) is 0 Å². The van der Waals surface area contributed by atoms with E-state index in [9.17, 15) is 5.11 Å². The zero-order chi connectivity index (χ0) is 13.9. The maximum atomic E-state index is 9.89. The van der Waals surface area contributed by atoms with Crippen LogP contribution < -0.4 is 5.32 Å². The molecule has 98 valence electrons. The van der Waals surface area contributed by atoms with E-state index < -0.39 is 0 Å². The number of aromatic hydroxyl groups is 1. The van der Waals surface area contributed by atoms with Crippen molar-refractivity contribution in [1.29, 1.82) is 0 Å². The minimum absolute atomic E-state index is 0.240. The van der Waals surface area contributed by atoms with Crippen molar-refractivity contribution in [1.82, 2.24) is 0 Å². The van der Waals surface area contributed by atoms with Crippen LogP contribution in [0.1, 0.15) is 18.1 Å². The van der Waals surface area contributed by atoms with Crippen molar-refractivity contribution < 1.29 is 5.11 Å². The number of para-hydroxylation sites is 2. The Morgan fingerprint density at radius 1 is 0.950 bits per heavy atom. The van der Waals surface area contributed by atoms with Gasteiger partial charge in [-0.15, -0.1) is 5.73 Å². The average Bonchev–Trinajstić information content (AvgIpc) is 2.62. The smallest absolute Gasteiger partial charge is 0.139 e. The first kappa shape index (κ1) is 12.3. The fraction of sp³-hybridized carbons (Fsp3) is 0.0556. The lowest BCUT2D eigenvalue weighted by molar-refractivity contribution is 0.478. The Kier molecular flexibility index (Phi) is 3.16. The largest absolute Gasteiger partial charge is 0.506 e. The van der Waals surface area contributed by atoms with Gasteiger partial charge in [0.05, 0.1) is 5.69 Å². The first-order valence-corrected chi connectivity index (χ1v) is 6.54. The number of phenolic OH excluding ortho intramolecular Hbond substituents is 1. The molecule has 0 aliphatic heterocycles. The molecule has 2 aromatic carbocycles. The SMILES string of the molecule is CC1=C=CC=C(Nc2ccccc2O)c2ccccc21. The minimum Gasteiger partial charge on any atom is -0.506 e. The molecule has 2 N–H and O–H groups in total. The van der Waals surface area contributed by atoms with Crippen LogP contribution in [0.2, 0.25) is 0 Å². The van der Waals surface area contributed by atoms with Gasteiger partial charge < -0.3 is 10.4 Å². The summed E-state index contributed by atoms with van der Waals surface area (Å²) < 4.78 is 0. The highest BCUT2D eigenvalue weighted by Crippen LogP contribution is 2.31. The topological polar surface area (TPSA) is 32.3 Å². The summed E-state index contributed by atoms with van der Waals surface area (Å²) in [7, 11) is 0. The molecule has 3 rings (SSSR count). The first-order valence-electron chi connectivity index (χ1n) is 6.54. The molecule has 0 spiro atoms. The normalized spacial score (nSPS) is 13.1. The number of phenols is 1. The van der Waals surface area contributed by atoms with E-state index in [0.717, 1.165) is 22.4 Å². The van der Waals surface area contributed by atoms with E-state index in [4.69, 9.17) is 0 Å². The highest BCUT2D eigenvalue weighted by Gasteiger charge is 2.11. The average molecular weight is 261 g/mol. The number of fused-ring (bicyclic) bond motifs is 1. The molecule has 0 saturated heterocycles. The van der Waals surface area contributed by atoms with Crippen molar-refractivity contribution in [3.05, 3.63) is 77.5 Å². The van der Waals surface area contributed by atoms with E-state index in [1.54, 1.807) is 6.07 Å². The molecule has 0 heterocycles. The number of nitrogens with one attached hydrogen (secondary N) is 1. The van der Waals surface area contributed by atoms with E-state index in [0.29, 0.717) is 5.69 Å². The molecule has 2 aromatic rings. The molecule has 1 aliphatic rings. The lowest BCUT2D eigenvalue weighted by Gasteiger charge is -2.14. The summed E-state index contributed by atoms with van der Waals surface area (Å²) >= 11 is 0. The van der Waals surface area contributed by atoms with Gasteiger partial charge in [-0.05, 0) is 42.3 Å². The first-order chi connectivity index (χ1) is 9.75. The Labute approximate surface area is 118 Å². The maximum Gasteiger partial charge on any atom is 0.139 e. The van der Waals surface area contributed by atoms with Crippen molar-refractivity contribution in [2.75, 3.05) is 5.32 Å². The van der Waals surface area contributed by atoms with Crippen molar-refractivity contribution in [3.8, 4) is 5.75 Å². The molecule has 2 nitrogen and oxygen atoms in total. The van der Waals surface area contributed by atoms with Gasteiger partial charge in [0.25, 0.3) is 0 Å². The molecule has 0 atom stereocenters. The standard InChI is InChI=1S/C18H15NO/c1-13-7-6-11-16(15-9-3-2-8-14(13)15)19-17-10-4-5-12-18(17)20/h2-6,8-12,19-20H,1H3.